The summed E-state index contributed by atoms with van der Waals surface area (Å²) in [7, 11) is 0. The first-order chi connectivity index (χ1) is 11.6. The fourth-order valence-corrected chi connectivity index (χ4v) is 2.76. The van der Waals surface area contributed by atoms with Gasteiger partial charge < -0.3 is 15.1 Å². The minimum atomic E-state index is -0.289. The van der Waals surface area contributed by atoms with Crippen molar-refractivity contribution < 1.29 is 4.79 Å². The van der Waals surface area contributed by atoms with Crippen molar-refractivity contribution in [2.45, 2.75) is 19.8 Å². The smallest absolute Gasteiger partial charge is 0.263 e. The second-order valence-corrected chi connectivity index (χ2v) is 6.20. The van der Waals surface area contributed by atoms with E-state index in [-0.39, 0.29) is 11.5 Å². The van der Waals surface area contributed by atoms with Crippen molar-refractivity contribution in [1.82, 2.24) is 10.2 Å². The Morgan fingerprint density at radius 2 is 2.12 bits per heavy atom. The van der Waals surface area contributed by atoms with Gasteiger partial charge in [-0.1, -0.05) is 31.0 Å². The number of rotatable bonds is 6. The van der Waals surface area contributed by atoms with E-state index < -0.39 is 0 Å². The molecule has 0 aromatic heterocycles. The largest absolute Gasteiger partial charge is 0.373 e. The summed E-state index contributed by atoms with van der Waals surface area (Å²) in [6, 6.07) is 9.80. The van der Waals surface area contributed by atoms with Crippen LogP contribution < -0.4 is 10.2 Å². The molecule has 2 rings (SSSR count). The number of nitriles is 1. The van der Waals surface area contributed by atoms with Gasteiger partial charge in [-0.2, -0.15) is 5.26 Å². The molecule has 1 N–H and O–H groups in total. The highest BCUT2D eigenvalue weighted by Crippen LogP contribution is 2.20. The Balaban J connectivity index is 1.90. The van der Waals surface area contributed by atoms with Gasteiger partial charge in [0.1, 0.15) is 11.6 Å². The topological polar surface area (TPSA) is 59.4 Å². The maximum absolute atomic E-state index is 12.0. The van der Waals surface area contributed by atoms with Crippen LogP contribution in [-0.4, -0.2) is 43.5 Å². The number of anilines is 1. The molecule has 1 aromatic carbocycles. The van der Waals surface area contributed by atoms with Crippen LogP contribution in [0.15, 0.2) is 36.0 Å². The third-order valence-electron chi connectivity index (χ3n) is 3.98. The first kappa shape index (κ1) is 18.2. The molecule has 1 fully saturated rings. The lowest BCUT2D eigenvalue weighted by Crippen LogP contribution is -2.44. The van der Waals surface area contributed by atoms with Crippen molar-refractivity contribution in [3.05, 3.63) is 41.1 Å². The van der Waals surface area contributed by atoms with Gasteiger partial charge in [-0.15, -0.1) is 0 Å². The molecular formula is C18H23ClN4O. The van der Waals surface area contributed by atoms with E-state index in [1.807, 2.05) is 35.2 Å². The van der Waals surface area contributed by atoms with Gasteiger partial charge in [0.25, 0.3) is 5.91 Å². The summed E-state index contributed by atoms with van der Waals surface area (Å²) in [6.07, 6.45) is 3.61. The lowest BCUT2D eigenvalue weighted by Gasteiger charge is -2.35. The van der Waals surface area contributed by atoms with Crippen LogP contribution in [0.4, 0.5) is 5.69 Å². The van der Waals surface area contributed by atoms with E-state index in [0.717, 1.165) is 49.7 Å². The predicted octanol–water partition coefficient (Wildman–Crippen LogP) is 2.79. The molecule has 1 amide bonds. The van der Waals surface area contributed by atoms with Gasteiger partial charge in [0.15, 0.2) is 0 Å². The van der Waals surface area contributed by atoms with Gasteiger partial charge in [-0.05, 0) is 24.6 Å². The minimum Gasteiger partial charge on any atom is -0.373 e. The Bertz CT molecular complexity index is 630. The number of piperazine rings is 1. The standard InChI is InChI=1S/C18H23ClN4O/c1-2-3-7-21-18(24)15(13-20)14-22-8-10-23(11-9-22)17-6-4-5-16(19)12-17/h4-6,12,14H,2-3,7-11H2,1H3,(H,21,24)/b15-14+. The van der Waals surface area contributed by atoms with Crippen molar-refractivity contribution in [2.24, 2.45) is 0 Å². The van der Waals surface area contributed by atoms with E-state index in [0.29, 0.717) is 6.54 Å². The number of unbranched alkanes of at least 4 members (excludes halogenated alkanes) is 1. The molecule has 0 unspecified atom stereocenters. The summed E-state index contributed by atoms with van der Waals surface area (Å²) in [4.78, 5) is 16.3. The third-order valence-corrected chi connectivity index (χ3v) is 4.22. The highest BCUT2D eigenvalue weighted by molar-refractivity contribution is 6.30. The SMILES string of the molecule is CCCCNC(=O)/C(C#N)=C/N1CCN(c2cccc(Cl)c2)CC1. The molecule has 0 bridgehead atoms. The lowest BCUT2D eigenvalue weighted by atomic mass is 10.2. The van der Waals surface area contributed by atoms with E-state index in [1.165, 1.54) is 0 Å². The predicted molar refractivity (Wildman–Crippen MR) is 96.9 cm³/mol. The van der Waals surface area contributed by atoms with Gasteiger partial charge >= 0.3 is 0 Å². The van der Waals surface area contributed by atoms with Crippen LogP contribution in [0.25, 0.3) is 0 Å². The number of hydrogen-bond acceptors (Lipinski definition) is 4. The van der Waals surface area contributed by atoms with Crippen molar-refractivity contribution >= 4 is 23.2 Å². The van der Waals surface area contributed by atoms with Gasteiger partial charge in [0, 0.05) is 49.6 Å². The maximum atomic E-state index is 12.0. The summed E-state index contributed by atoms with van der Waals surface area (Å²) in [5.74, 6) is -0.289. The molecule has 0 radical (unpaired) electrons. The zero-order valence-corrected chi connectivity index (χ0v) is 14.7. The summed E-state index contributed by atoms with van der Waals surface area (Å²) >= 11 is 6.04. The maximum Gasteiger partial charge on any atom is 0.263 e. The van der Waals surface area contributed by atoms with E-state index in [2.05, 4.69) is 17.1 Å². The summed E-state index contributed by atoms with van der Waals surface area (Å²) in [6.45, 7) is 5.85. The van der Waals surface area contributed by atoms with E-state index in [1.54, 1.807) is 6.20 Å². The summed E-state index contributed by atoms with van der Waals surface area (Å²) < 4.78 is 0. The third kappa shape index (κ3) is 5.17. The van der Waals surface area contributed by atoms with Crippen LogP contribution in [0, 0.1) is 11.3 Å². The molecule has 0 saturated carbocycles. The zero-order valence-electron chi connectivity index (χ0n) is 14.0. The molecule has 0 spiro atoms. The zero-order chi connectivity index (χ0) is 17.4. The fraction of sp³-hybridized carbons (Fsp3) is 0.444. The van der Waals surface area contributed by atoms with Gasteiger partial charge in [-0.3, -0.25) is 4.79 Å². The molecule has 1 heterocycles. The molecular weight excluding hydrogens is 324 g/mol. The highest BCUT2D eigenvalue weighted by Gasteiger charge is 2.17. The van der Waals surface area contributed by atoms with Crippen molar-refractivity contribution in [3.63, 3.8) is 0 Å². The molecule has 1 aliphatic heterocycles. The molecule has 128 valence electrons. The monoisotopic (exact) mass is 346 g/mol. The van der Waals surface area contributed by atoms with Crippen LogP contribution >= 0.6 is 11.6 Å². The molecule has 1 aliphatic rings. The quantitative estimate of drug-likeness (QED) is 0.489. The summed E-state index contributed by atoms with van der Waals surface area (Å²) in [5, 5.41) is 12.7. The minimum absolute atomic E-state index is 0.169. The number of halogens is 1. The number of carbonyl (C=O) groups excluding carboxylic acids is 1. The number of nitrogens with zero attached hydrogens (tertiary/aromatic N) is 3. The van der Waals surface area contributed by atoms with Gasteiger partial charge in [-0.25, -0.2) is 0 Å². The average Bonchev–Trinajstić information content (AvgIpc) is 2.60. The van der Waals surface area contributed by atoms with Crippen LogP contribution in [0.3, 0.4) is 0 Å². The van der Waals surface area contributed by atoms with E-state index in [4.69, 9.17) is 11.6 Å². The van der Waals surface area contributed by atoms with E-state index >= 15 is 0 Å². The number of benzene rings is 1. The second kappa shape index (κ2) is 9.19. The van der Waals surface area contributed by atoms with Crippen LogP contribution in [0.1, 0.15) is 19.8 Å². The second-order valence-electron chi connectivity index (χ2n) is 5.77. The Morgan fingerprint density at radius 3 is 2.75 bits per heavy atom. The lowest BCUT2D eigenvalue weighted by molar-refractivity contribution is -0.117. The van der Waals surface area contributed by atoms with Crippen molar-refractivity contribution in [3.8, 4) is 6.07 Å². The highest BCUT2D eigenvalue weighted by atomic mass is 35.5. The molecule has 1 saturated heterocycles. The molecule has 0 aliphatic carbocycles. The van der Waals surface area contributed by atoms with Gasteiger partial charge in [0.2, 0.25) is 0 Å². The fourth-order valence-electron chi connectivity index (χ4n) is 2.58. The normalized spacial score (nSPS) is 15.1. The number of hydrogen-bond donors (Lipinski definition) is 1. The molecule has 5 nitrogen and oxygen atoms in total. The molecule has 1 aromatic rings. The van der Waals surface area contributed by atoms with Crippen LogP contribution in [0.5, 0.6) is 0 Å². The molecule has 6 heteroatoms. The van der Waals surface area contributed by atoms with E-state index in [9.17, 15) is 10.1 Å². The van der Waals surface area contributed by atoms with Gasteiger partial charge in [0.05, 0.1) is 0 Å². The Morgan fingerprint density at radius 1 is 1.38 bits per heavy atom. The van der Waals surface area contributed by atoms with Crippen LogP contribution in [-0.2, 0) is 4.79 Å². The Kier molecular flexibility index (Phi) is 6.95. The number of amides is 1. The number of nitrogens with one attached hydrogen (secondary N) is 1. The molecule has 0 atom stereocenters. The van der Waals surface area contributed by atoms with Crippen molar-refractivity contribution in [2.75, 3.05) is 37.6 Å². The average molecular weight is 347 g/mol. The molecule has 24 heavy (non-hydrogen) atoms. The Labute approximate surface area is 148 Å². The number of carbonyl (C=O) groups is 1. The Hall–Kier alpha value is -2.19. The first-order valence-electron chi connectivity index (χ1n) is 8.28. The van der Waals surface area contributed by atoms with Crippen molar-refractivity contribution in [1.29, 1.82) is 5.26 Å². The summed E-state index contributed by atoms with van der Waals surface area (Å²) in [5.41, 5.74) is 1.27. The van der Waals surface area contributed by atoms with Crippen LogP contribution in [0.2, 0.25) is 5.02 Å². The first-order valence-corrected chi connectivity index (χ1v) is 8.66.